The third kappa shape index (κ3) is 3.02. The smallest absolute Gasteiger partial charge is 0.234 e. The van der Waals surface area contributed by atoms with Gasteiger partial charge in [0.2, 0.25) is 11.8 Å². The van der Waals surface area contributed by atoms with Crippen molar-refractivity contribution in [1.29, 1.82) is 0 Å². The monoisotopic (exact) mass is 436 g/mol. The molecule has 2 saturated heterocycles. The van der Waals surface area contributed by atoms with E-state index >= 15 is 0 Å². The van der Waals surface area contributed by atoms with Gasteiger partial charge < -0.3 is 29.2 Å². The Labute approximate surface area is 185 Å². The Bertz CT molecular complexity index is 1100. The van der Waals surface area contributed by atoms with Gasteiger partial charge in [0.25, 0.3) is 0 Å². The first-order valence-electron chi connectivity index (χ1n) is 10.3. The van der Waals surface area contributed by atoms with E-state index in [2.05, 4.69) is 5.32 Å². The van der Waals surface area contributed by atoms with Crippen molar-refractivity contribution in [3.63, 3.8) is 0 Å². The average molecular weight is 436 g/mol. The summed E-state index contributed by atoms with van der Waals surface area (Å²) >= 11 is 0. The Morgan fingerprint density at radius 3 is 2.47 bits per heavy atom. The number of hydrogen-bond donors (Lipinski definition) is 1. The van der Waals surface area contributed by atoms with Crippen molar-refractivity contribution in [2.24, 2.45) is 11.8 Å². The van der Waals surface area contributed by atoms with Crippen molar-refractivity contribution < 1.29 is 28.5 Å². The molecule has 4 atom stereocenters. The van der Waals surface area contributed by atoms with Gasteiger partial charge in [-0.05, 0) is 36.4 Å². The molecule has 3 heterocycles. The summed E-state index contributed by atoms with van der Waals surface area (Å²) in [5.41, 5.74) is 0.459. The Kier molecular flexibility index (Phi) is 4.82. The van der Waals surface area contributed by atoms with Crippen LogP contribution in [0, 0.1) is 11.8 Å². The van der Waals surface area contributed by atoms with Crippen LogP contribution < -0.4 is 24.4 Å². The standard InChI is InChI=1S/C24H24N2O6/c1-29-15-6-4-14(5-7-15)26-13-24-11-10-18(32-24)20(21(24)23(26)28)22(27)25-17-9-8-16(30-2)12-19(17)31-3/h4-12,18,20-21H,13H2,1-3H3,(H,25,27)/t18-,20+,21-,24-/m1/s1. The lowest BCUT2D eigenvalue weighted by Gasteiger charge is -2.24. The molecule has 2 aromatic rings. The summed E-state index contributed by atoms with van der Waals surface area (Å²) in [6.45, 7) is 0.367. The van der Waals surface area contributed by atoms with Crippen molar-refractivity contribution in [3.05, 3.63) is 54.6 Å². The maximum atomic E-state index is 13.5. The quantitative estimate of drug-likeness (QED) is 0.701. The van der Waals surface area contributed by atoms with Gasteiger partial charge in [0, 0.05) is 11.8 Å². The maximum Gasteiger partial charge on any atom is 0.234 e. The third-order valence-corrected chi connectivity index (χ3v) is 6.45. The summed E-state index contributed by atoms with van der Waals surface area (Å²) in [4.78, 5) is 28.5. The summed E-state index contributed by atoms with van der Waals surface area (Å²) in [5.74, 6) is 0.173. The van der Waals surface area contributed by atoms with Gasteiger partial charge in [-0.2, -0.15) is 0 Å². The van der Waals surface area contributed by atoms with Gasteiger partial charge in [-0.3, -0.25) is 9.59 Å². The molecular weight excluding hydrogens is 412 g/mol. The van der Waals surface area contributed by atoms with Gasteiger partial charge in [-0.1, -0.05) is 12.2 Å². The molecule has 3 aliphatic heterocycles. The van der Waals surface area contributed by atoms with Crippen molar-refractivity contribution >= 4 is 23.2 Å². The second kappa shape index (κ2) is 7.56. The number of benzene rings is 2. The lowest BCUT2D eigenvalue weighted by atomic mass is 9.76. The zero-order valence-electron chi connectivity index (χ0n) is 18.0. The van der Waals surface area contributed by atoms with E-state index in [9.17, 15) is 9.59 Å². The summed E-state index contributed by atoms with van der Waals surface area (Å²) in [7, 11) is 4.68. The van der Waals surface area contributed by atoms with Crippen LogP contribution in [0.4, 0.5) is 11.4 Å². The SMILES string of the molecule is COc1ccc(N2C[C@@]34C=C[C@@H](O3)[C@H](C(=O)Nc3ccc(OC)cc3OC)[C@@H]4C2=O)cc1. The first-order chi connectivity index (χ1) is 15.5. The van der Waals surface area contributed by atoms with Gasteiger partial charge in [-0.15, -0.1) is 0 Å². The predicted octanol–water partition coefficient (Wildman–Crippen LogP) is 2.64. The number of anilines is 2. The molecule has 2 amide bonds. The highest BCUT2D eigenvalue weighted by atomic mass is 16.5. The first-order valence-corrected chi connectivity index (χ1v) is 10.3. The predicted molar refractivity (Wildman–Crippen MR) is 117 cm³/mol. The van der Waals surface area contributed by atoms with E-state index in [4.69, 9.17) is 18.9 Å². The van der Waals surface area contributed by atoms with Crippen molar-refractivity contribution in [1.82, 2.24) is 0 Å². The average Bonchev–Trinajstić information content (AvgIpc) is 3.47. The molecule has 3 aliphatic rings. The van der Waals surface area contributed by atoms with Crippen LogP contribution in [0.3, 0.4) is 0 Å². The molecule has 32 heavy (non-hydrogen) atoms. The molecule has 2 fully saturated rings. The minimum Gasteiger partial charge on any atom is -0.497 e. The topological polar surface area (TPSA) is 86.3 Å². The second-order valence-electron chi connectivity index (χ2n) is 8.08. The van der Waals surface area contributed by atoms with Crippen molar-refractivity contribution in [3.8, 4) is 17.2 Å². The molecule has 2 bridgehead atoms. The molecule has 8 heteroatoms. The number of amides is 2. The minimum atomic E-state index is -0.798. The molecule has 0 radical (unpaired) electrons. The largest absolute Gasteiger partial charge is 0.497 e. The fraction of sp³-hybridized carbons (Fsp3) is 0.333. The van der Waals surface area contributed by atoms with E-state index in [-0.39, 0.29) is 11.8 Å². The zero-order valence-corrected chi connectivity index (χ0v) is 18.0. The molecule has 0 aromatic heterocycles. The number of fused-ring (bicyclic) bond motifs is 1. The Hall–Kier alpha value is -3.52. The van der Waals surface area contributed by atoms with Gasteiger partial charge in [-0.25, -0.2) is 0 Å². The van der Waals surface area contributed by atoms with Crippen LogP contribution in [0.15, 0.2) is 54.6 Å². The third-order valence-electron chi connectivity index (χ3n) is 6.45. The molecule has 2 aromatic carbocycles. The van der Waals surface area contributed by atoms with Gasteiger partial charge in [0.15, 0.2) is 0 Å². The van der Waals surface area contributed by atoms with Crippen molar-refractivity contribution in [2.75, 3.05) is 38.1 Å². The van der Waals surface area contributed by atoms with Crippen LogP contribution in [-0.2, 0) is 14.3 Å². The maximum absolute atomic E-state index is 13.5. The van der Waals surface area contributed by atoms with E-state index in [1.165, 1.54) is 7.11 Å². The van der Waals surface area contributed by atoms with E-state index in [0.29, 0.717) is 29.5 Å². The van der Waals surface area contributed by atoms with Crippen LogP contribution in [-0.4, -0.2) is 51.4 Å². The van der Waals surface area contributed by atoms with E-state index in [1.807, 2.05) is 36.4 Å². The zero-order chi connectivity index (χ0) is 22.5. The molecule has 0 aliphatic carbocycles. The minimum absolute atomic E-state index is 0.121. The van der Waals surface area contributed by atoms with Crippen LogP contribution in [0.5, 0.6) is 17.2 Å². The highest BCUT2D eigenvalue weighted by Crippen LogP contribution is 2.53. The number of methoxy groups -OCH3 is 3. The number of nitrogens with zero attached hydrogens (tertiary/aromatic N) is 1. The number of carbonyl (C=O) groups is 2. The van der Waals surface area contributed by atoms with Crippen LogP contribution in [0.2, 0.25) is 0 Å². The summed E-state index contributed by atoms with van der Waals surface area (Å²) in [6.07, 6.45) is 3.38. The van der Waals surface area contributed by atoms with E-state index < -0.39 is 23.5 Å². The Morgan fingerprint density at radius 1 is 1.06 bits per heavy atom. The van der Waals surface area contributed by atoms with Crippen LogP contribution in [0.25, 0.3) is 0 Å². The number of carbonyl (C=O) groups excluding carboxylic acids is 2. The lowest BCUT2D eigenvalue weighted by Crippen LogP contribution is -2.41. The van der Waals surface area contributed by atoms with E-state index in [0.717, 1.165) is 5.69 Å². The fourth-order valence-corrected chi connectivity index (χ4v) is 4.90. The highest BCUT2D eigenvalue weighted by molar-refractivity contribution is 6.05. The Morgan fingerprint density at radius 2 is 1.78 bits per heavy atom. The molecule has 1 N–H and O–H groups in total. The molecule has 0 unspecified atom stereocenters. The molecule has 1 spiro atoms. The highest BCUT2D eigenvalue weighted by Gasteiger charge is 2.67. The summed E-state index contributed by atoms with van der Waals surface area (Å²) in [5, 5.41) is 2.92. The molecular formula is C24H24N2O6. The van der Waals surface area contributed by atoms with Gasteiger partial charge in [0.1, 0.15) is 22.8 Å². The number of nitrogens with one attached hydrogen (secondary N) is 1. The molecule has 5 rings (SSSR count). The number of ether oxygens (including phenoxy) is 4. The summed E-state index contributed by atoms with van der Waals surface area (Å²) < 4.78 is 22.0. The lowest BCUT2D eigenvalue weighted by molar-refractivity contribution is -0.128. The fourth-order valence-electron chi connectivity index (χ4n) is 4.90. The molecule has 0 saturated carbocycles. The van der Waals surface area contributed by atoms with Gasteiger partial charge in [0.05, 0.1) is 51.5 Å². The normalized spacial score (nSPS) is 27.4. The van der Waals surface area contributed by atoms with E-state index in [1.54, 1.807) is 37.3 Å². The Balaban J connectivity index is 1.41. The molecule has 166 valence electrons. The van der Waals surface area contributed by atoms with Crippen LogP contribution in [0.1, 0.15) is 0 Å². The van der Waals surface area contributed by atoms with Crippen LogP contribution >= 0.6 is 0 Å². The second-order valence-corrected chi connectivity index (χ2v) is 8.08. The first kappa shape index (κ1) is 20.4. The summed E-state index contributed by atoms with van der Waals surface area (Å²) in [6, 6.07) is 12.4. The van der Waals surface area contributed by atoms with Gasteiger partial charge >= 0.3 is 0 Å². The number of hydrogen-bond acceptors (Lipinski definition) is 6. The van der Waals surface area contributed by atoms with Crippen molar-refractivity contribution in [2.45, 2.75) is 11.7 Å². The number of rotatable bonds is 6. The molecule has 8 nitrogen and oxygen atoms in total.